The van der Waals surface area contributed by atoms with E-state index in [1.807, 2.05) is 31.2 Å². The lowest BCUT2D eigenvalue weighted by molar-refractivity contribution is -0.134. The molecule has 0 radical (unpaired) electrons. The summed E-state index contributed by atoms with van der Waals surface area (Å²) in [5.74, 6) is 0.611. The Bertz CT molecular complexity index is 504. The van der Waals surface area contributed by atoms with Crippen LogP contribution in [0.3, 0.4) is 0 Å². The summed E-state index contributed by atoms with van der Waals surface area (Å²) >= 11 is 1.56. The van der Waals surface area contributed by atoms with E-state index in [2.05, 4.69) is 5.32 Å². The molecule has 1 aliphatic rings. The van der Waals surface area contributed by atoms with Gasteiger partial charge in [-0.15, -0.1) is 11.8 Å². The molecule has 2 unspecified atom stereocenters. The zero-order valence-corrected chi connectivity index (χ0v) is 12.6. The number of ether oxygens (including phenoxy) is 1. The van der Waals surface area contributed by atoms with Gasteiger partial charge in [0.15, 0.2) is 0 Å². The molecule has 0 aliphatic carbocycles. The molecule has 0 saturated carbocycles. The summed E-state index contributed by atoms with van der Waals surface area (Å²) in [7, 11) is 3.19. The second-order valence-electron chi connectivity index (χ2n) is 4.54. The molecule has 5 nitrogen and oxygen atoms in total. The van der Waals surface area contributed by atoms with Crippen LogP contribution < -0.4 is 10.1 Å². The Morgan fingerprint density at radius 2 is 2.05 bits per heavy atom. The molecule has 1 aromatic rings. The molecule has 2 amide bonds. The van der Waals surface area contributed by atoms with E-state index in [-0.39, 0.29) is 29.0 Å². The van der Waals surface area contributed by atoms with Crippen LogP contribution in [0.15, 0.2) is 24.3 Å². The van der Waals surface area contributed by atoms with Gasteiger partial charge in [-0.1, -0.05) is 12.1 Å². The van der Waals surface area contributed by atoms with E-state index >= 15 is 0 Å². The molecule has 0 bridgehead atoms. The van der Waals surface area contributed by atoms with E-state index in [0.717, 1.165) is 11.3 Å². The third-order valence-corrected chi connectivity index (χ3v) is 4.64. The van der Waals surface area contributed by atoms with E-state index in [0.29, 0.717) is 0 Å². The number of thioether (sulfide) groups is 1. The van der Waals surface area contributed by atoms with E-state index in [4.69, 9.17) is 4.74 Å². The Balaban J connectivity index is 2.22. The van der Waals surface area contributed by atoms with Crippen molar-refractivity contribution in [1.29, 1.82) is 0 Å². The van der Waals surface area contributed by atoms with Gasteiger partial charge in [0.05, 0.1) is 12.4 Å². The smallest absolute Gasteiger partial charge is 0.239 e. The van der Waals surface area contributed by atoms with Crippen LogP contribution in [0.4, 0.5) is 0 Å². The summed E-state index contributed by atoms with van der Waals surface area (Å²) in [5.41, 5.74) is 0.998. The fourth-order valence-corrected chi connectivity index (χ4v) is 3.37. The van der Waals surface area contributed by atoms with Crippen molar-refractivity contribution >= 4 is 23.6 Å². The Morgan fingerprint density at radius 3 is 2.60 bits per heavy atom. The topological polar surface area (TPSA) is 58.6 Å². The number of nitrogens with one attached hydrogen (secondary N) is 1. The minimum absolute atomic E-state index is 0.000539. The Hall–Kier alpha value is -1.69. The fourth-order valence-electron chi connectivity index (χ4n) is 2.10. The first kappa shape index (κ1) is 14.7. The number of methoxy groups -OCH3 is 1. The third-order valence-electron chi connectivity index (χ3n) is 3.24. The number of hydrogen-bond acceptors (Lipinski definition) is 4. The molecule has 1 N–H and O–H groups in total. The number of rotatable bonds is 4. The molecular weight excluding hydrogens is 276 g/mol. The predicted octanol–water partition coefficient (Wildman–Crippen LogP) is 1.40. The zero-order chi connectivity index (χ0) is 14.7. The molecule has 6 heteroatoms. The van der Waals surface area contributed by atoms with Crippen molar-refractivity contribution in [3.8, 4) is 5.75 Å². The third kappa shape index (κ3) is 2.90. The van der Waals surface area contributed by atoms with Crippen molar-refractivity contribution in [2.75, 3.05) is 20.7 Å². The van der Waals surface area contributed by atoms with Gasteiger partial charge in [0.1, 0.15) is 17.7 Å². The van der Waals surface area contributed by atoms with Gasteiger partial charge < -0.3 is 15.0 Å². The monoisotopic (exact) mass is 294 g/mol. The van der Waals surface area contributed by atoms with Gasteiger partial charge in [0.2, 0.25) is 11.8 Å². The molecule has 1 fully saturated rings. The molecule has 0 aromatic heterocycles. The van der Waals surface area contributed by atoms with Crippen LogP contribution in [0.5, 0.6) is 5.75 Å². The zero-order valence-electron chi connectivity index (χ0n) is 11.8. The first-order valence-electron chi connectivity index (χ1n) is 6.37. The second-order valence-corrected chi connectivity index (χ2v) is 5.97. The Kier molecular flexibility index (Phi) is 4.54. The van der Waals surface area contributed by atoms with E-state index in [9.17, 15) is 9.59 Å². The van der Waals surface area contributed by atoms with Crippen LogP contribution in [-0.4, -0.2) is 42.7 Å². The van der Waals surface area contributed by atoms with Crippen LogP contribution in [0, 0.1) is 0 Å². The van der Waals surface area contributed by atoms with Crippen molar-refractivity contribution in [2.45, 2.75) is 17.5 Å². The summed E-state index contributed by atoms with van der Waals surface area (Å²) in [5, 5.41) is 2.30. The number of benzene rings is 1. The SMILES string of the molecule is CNC(=O)CN1C(=O)C(C)SC1c1ccc(OC)cc1. The van der Waals surface area contributed by atoms with Crippen LogP contribution in [0.2, 0.25) is 0 Å². The summed E-state index contributed by atoms with van der Waals surface area (Å²) in [4.78, 5) is 25.3. The lowest BCUT2D eigenvalue weighted by Crippen LogP contribution is -2.39. The number of amides is 2. The first-order chi connectivity index (χ1) is 9.56. The van der Waals surface area contributed by atoms with Crippen molar-refractivity contribution in [2.24, 2.45) is 0 Å². The fraction of sp³-hybridized carbons (Fsp3) is 0.429. The Labute approximate surface area is 122 Å². The summed E-state index contributed by atoms with van der Waals surface area (Å²) in [6.45, 7) is 1.96. The molecule has 0 spiro atoms. The van der Waals surface area contributed by atoms with Gasteiger partial charge in [0.25, 0.3) is 0 Å². The van der Waals surface area contributed by atoms with Crippen molar-refractivity contribution in [1.82, 2.24) is 10.2 Å². The van der Waals surface area contributed by atoms with Gasteiger partial charge in [-0.05, 0) is 24.6 Å². The van der Waals surface area contributed by atoms with Gasteiger partial charge >= 0.3 is 0 Å². The number of carbonyl (C=O) groups is 2. The molecule has 2 atom stereocenters. The van der Waals surface area contributed by atoms with Gasteiger partial charge in [0, 0.05) is 7.05 Å². The average molecular weight is 294 g/mol. The average Bonchev–Trinajstić information content (AvgIpc) is 2.75. The molecular formula is C14H18N2O3S. The van der Waals surface area contributed by atoms with Crippen molar-refractivity contribution in [3.63, 3.8) is 0 Å². The van der Waals surface area contributed by atoms with Crippen molar-refractivity contribution in [3.05, 3.63) is 29.8 Å². The van der Waals surface area contributed by atoms with E-state index < -0.39 is 0 Å². The first-order valence-corrected chi connectivity index (χ1v) is 7.31. The molecule has 1 aliphatic heterocycles. The maximum Gasteiger partial charge on any atom is 0.239 e. The van der Waals surface area contributed by atoms with Gasteiger partial charge in [-0.25, -0.2) is 0 Å². The Morgan fingerprint density at radius 1 is 1.40 bits per heavy atom. The second kappa shape index (κ2) is 6.17. The minimum atomic E-state index is -0.161. The lowest BCUT2D eigenvalue weighted by atomic mass is 10.2. The summed E-state index contributed by atoms with van der Waals surface area (Å²) in [6.07, 6.45) is 0. The van der Waals surface area contributed by atoms with Gasteiger partial charge in [-0.2, -0.15) is 0 Å². The van der Waals surface area contributed by atoms with Crippen LogP contribution in [0.25, 0.3) is 0 Å². The van der Waals surface area contributed by atoms with Crippen LogP contribution in [-0.2, 0) is 9.59 Å². The normalized spacial score (nSPS) is 21.9. The molecule has 2 rings (SSSR count). The highest BCUT2D eigenvalue weighted by Gasteiger charge is 2.39. The standard InChI is InChI=1S/C14H18N2O3S/c1-9-13(18)16(8-12(17)15-2)14(20-9)10-4-6-11(19-3)7-5-10/h4-7,9,14H,8H2,1-3H3,(H,15,17). The molecule has 108 valence electrons. The number of nitrogens with zero attached hydrogens (tertiary/aromatic N) is 1. The lowest BCUT2D eigenvalue weighted by Gasteiger charge is -2.23. The summed E-state index contributed by atoms with van der Waals surface area (Å²) in [6, 6.07) is 7.58. The number of hydrogen-bond donors (Lipinski definition) is 1. The van der Waals surface area contributed by atoms with Gasteiger partial charge in [-0.3, -0.25) is 9.59 Å². The van der Waals surface area contributed by atoms with E-state index in [1.54, 1.807) is 30.8 Å². The highest BCUT2D eigenvalue weighted by atomic mass is 32.2. The van der Waals surface area contributed by atoms with Crippen LogP contribution in [0.1, 0.15) is 17.9 Å². The molecule has 1 saturated heterocycles. The molecule has 1 heterocycles. The largest absolute Gasteiger partial charge is 0.497 e. The number of carbonyl (C=O) groups excluding carboxylic acids is 2. The maximum absolute atomic E-state index is 12.2. The van der Waals surface area contributed by atoms with Crippen LogP contribution >= 0.6 is 11.8 Å². The van der Waals surface area contributed by atoms with Crippen molar-refractivity contribution < 1.29 is 14.3 Å². The quantitative estimate of drug-likeness (QED) is 0.912. The van der Waals surface area contributed by atoms with E-state index in [1.165, 1.54) is 0 Å². The molecule has 20 heavy (non-hydrogen) atoms. The predicted molar refractivity (Wildman–Crippen MR) is 78.6 cm³/mol. The summed E-state index contributed by atoms with van der Waals surface area (Å²) < 4.78 is 5.13. The highest BCUT2D eigenvalue weighted by molar-refractivity contribution is 8.01. The minimum Gasteiger partial charge on any atom is -0.497 e. The molecule has 1 aromatic carbocycles. The number of likely N-dealkylation sites (N-methyl/N-ethyl adjacent to an activating group) is 1. The maximum atomic E-state index is 12.2. The highest BCUT2D eigenvalue weighted by Crippen LogP contribution is 2.42.